The Hall–Kier alpha value is -2.95. The molecule has 0 unspecified atom stereocenters. The van der Waals surface area contributed by atoms with Gasteiger partial charge in [-0.25, -0.2) is 22.5 Å². The topological polar surface area (TPSA) is 70.5 Å². The van der Waals surface area contributed by atoms with Crippen LogP contribution in [0.4, 0.5) is 17.6 Å². The molecule has 0 radical (unpaired) electrons. The van der Waals surface area contributed by atoms with Crippen LogP contribution in [0.15, 0.2) is 18.2 Å². The highest BCUT2D eigenvalue weighted by atomic mass is 19.3. The van der Waals surface area contributed by atoms with Gasteiger partial charge in [0, 0.05) is 25.7 Å². The van der Waals surface area contributed by atoms with E-state index in [0.29, 0.717) is 18.8 Å². The predicted octanol–water partition coefficient (Wildman–Crippen LogP) is 3.68. The zero-order chi connectivity index (χ0) is 26.4. The normalized spacial score (nSPS) is 18.7. The van der Waals surface area contributed by atoms with Crippen LogP contribution in [0, 0.1) is 17.0 Å². The van der Waals surface area contributed by atoms with Crippen molar-refractivity contribution < 1.29 is 27.2 Å². The maximum atomic E-state index is 14.7. The Morgan fingerprint density at radius 2 is 1.86 bits per heavy atom. The standard InChI is InChI=1S/C25H31F4N5O2/c1-5-32-9-6-10-34-18(12-32)19(30-21(34)16-8-7-15(26)11-17(16)27)22(35)31-20(24(2,3)4)23(36)33-13-25(28,29)14-33/h7-8,11,20H,5-6,9-10,12-14H2,1-4H3,(H,31,35)/t20-/m1/s1. The Labute approximate surface area is 207 Å². The van der Waals surface area contributed by atoms with Crippen molar-refractivity contribution in [1.82, 2.24) is 24.7 Å². The monoisotopic (exact) mass is 509 g/mol. The molecule has 7 nitrogen and oxygen atoms in total. The van der Waals surface area contributed by atoms with Crippen LogP contribution in [0.25, 0.3) is 11.4 Å². The summed E-state index contributed by atoms with van der Waals surface area (Å²) in [7, 11) is 0. The van der Waals surface area contributed by atoms with Crippen molar-refractivity contribution in [2.45, 2.75) is 59.2 Å². The summed E-state index contributed by atoms with van der Waals surface area (Å²) in [4.78, 5) is 34.2. The molecule has 4 rings (SSSR count). The predicted molar refractivity (Wildman–Crippen MR) is 125 cm³/mol. The quantitative estimate of drug-likeness (QED) is 0.625. The van der Waals surface area contributed by atoms with Crippen molar-refractivity contribution in [3.63, 3.8) is 0 Å². The van der Waals surface area contributed by atoms with Crippen molar-refractivity contribution in [3.05, 3.63) is 41.2 Å². The number of halogens is 4. The molecule has 196 valence electrons. The van der Waals surface area contributed by atoms with E-state index in [1.54, 1.807) is 25.3 Å². The van der Waals surface area contributed by atoms with E-state index in [-0.39, 0.29) is 17.1 Å². The summed E-state index contributed by atoms with van der Waals surface area (Å²) in [5.74, 6) is -5.49. The van der Waals surface area contributed by atoms with E-state index >= 15 is 0 Å². The number of nitrogens with zero attached hydrogens (tertiary/aromatic N) is 4. The van der Waals surface area contributed by atoms with E-state index in [2.05, 4.69) is 15.2 Å². The largest absolute Gasteiger partial charge is 0.338 e. The first-order valence-electron chi connectivity index (χ1n) is 12.1. The number of alkyl halides is 2. The maximum absolute atomic E-state index is 14.7. The number of carbonyl (C=O) groups excluding carboxylic acids is 2. The van der Waals surface area contributed by atoms with Gasteiger partial charge in [-0.15, -0.1) is 0 Å². The molecule has 0 saturated carbocycles. The van der Waals surface area contributed by atoms with Crippen LogP contribution in [0.3, 0.4) is 0 Å². The third-order valence-corrected chi connectivity index (χ3v) is 6.68. The van der Waals surface area contributed by atoms with Crippen LogP contribution in [0.5, 0.6) is 0 Å². The summed E-state index contributed by atoms with van der Waals surface area (Å²) in [5.41, 5.74) is -0.116. The molecule has 36 heavy (non-hydrogen) atoms. The number of likely N-dealkylation sites (tertiary alicyclic amines) is 1. The summed E-state index contributed by atoms with van der Waals surface area (Å²) < 4.78 is 56.8. The van der Waals surface area contributed by atoms with Gasteiger partial charge in [0.1, 0.15) is 23.5 Å². The second kappa shape index (κ2) is 9.49. The minimum absolute atomic E-state index is 0.0325. The highest BCUT2D eigenvalue weighted by Crippen LogP contribution is 2.32. The summed E-state index contributed by atoms with van der Waals surface area (Å²) in [5, 5.41) is 2.72. The van der Waals surface area contributed by atoms with Gasteiger partial charge in [0.05, 0.1) is 24.3 Å². The molecule has 3 heterocycles. The minimum Gasteiger partial charge on any atom is -0.338 e. The second-order valence-corrected chi connectivity index (χ2v) is 10.6. The first-order valence-corrected chi connectivity index (χ1v) is 12.1. The van der Waals surface area contributed by atoms with Crippen molar-refractivity contribution in [2.24, 2.45) is 5.41 Å². The number of aromatic nitrogens is 2. The van der Waals surface area contributed by atoms with E-state index < -0.39 is 53.9 Å². The van der Waals surface area contributed by atoms with Gasteiger partial charge in [0.2, 0.25) is 5.91 Å². The Morgan fingerprint density at radius 1 is 1.17 bits per heavy atom. The highest BCUT2D eigenvalue weighted by molar-refractivity contribution is 5.98. The van der Waals surface area contributed by atoms with Crippen LogP contribution >= 0.6 is 0 Å². The fourth-order valence-corrected chi connectivity index (χ4v) is 4.66. The highest BCUT2D eigenvalue weighted by Gasteiger charge is 2.49. The van der Waals surface area contributed by atoms with Gasteiger partial charge in [-0.2, -0.15) is 0 Å². The molecule has 2 aliphatic rings. The van der Waals surface area contributed by atoms with Gasteiger partial charge in [0.25, 0.3) is 11.8 Å². The zero-order valence-corrected chi connectivity index (χ0v) is 20.9. The third-order valence-electron chi connectivity index (χ3n) is 6.68. The number of hydrogen-bond acceptors (Lipinski definition) is 4. The molecule has 2 aliphatic heterocycles. The average molecular weight is 510 g/mol. The van der Waals surface area contributed by atoms with Gasteiger partial charge in [-0.05, 0) is 30.5 Å². The van der Waals surface area contributed by atoms with E-state index in [9.17, 15) is 27.2 Å². The number of rotatable bonds is 5. The average Bonchev–Trinajstić information content (AvgIpc) is 2.97. The fraction of sp³-hybridized carbons (Fsp3) is 0.560. The molecule has 1 N–H and O–H groups in total. The summed E-state index contributed by atoms with van der Waals surface area (Å²) in [6, 6.07) is 2.11. The SMILES string of the molecule is CCN1CCCn2c(-c3ccc(F)cc3F)nc(C(=O)N[C@H](C(=O)N3CC(F)(F)C3)C(C)(C)C)c2C1. The molecule has 1 saturated heterocycles. The number of nitrogens with one attached hydrogen (secondary N) is 1. The molecule has 1 aromatic carbocycles. The molecule has 2 aromatic rings. The van der Waals surface area contributed by atoms with Gasteiger partial charge < -0.3 is 14.8 Å². The molecule has 11 heteroatoms. The molecular weight excluding hydrogens is 478 g/mol. The summed E-state index contributed by atoms with van der Waals surface area (Å²) in [6.45, 7) is 8.16. The van der Waals surface area contributed by atoms with Crippen LogP contribution in [-0.2, 0) is 17.9 Å². The molecular formula is C25H31F4N5O2. The first-order chi connectivity index (χ1) is 16.8. The Balaban J connectivity index is 1.72. The number of benzene rings is 1. The molecule has 1 atom stereocenters. The lowest BCUT2D eigenvalue weighted by Gasteiger charge is -2.43. The molecule has 2 amide bonds. The lowest BCUT2D eigenvalue weighted by Crippen LogP contribution is -2.64. The molecule has 1 fully saturated rings. The van der Waals surface area contributed by atoms with E-state index in [0.717, 1.165) is 36.5 Å². The molecule has 0 aliphatic carbocycles. The Bertz CT molecular complexity index is 1170. The van der Waals surface area contributed by atoms with Gasteiger partial charge in [0.15, 0.2) is 5.69 Å². The Morgan fingerprint density at radius 3 is 2.44 bits per heavy atom. The summed E-state index contributed by atoms with van der Waals surface area (Å²) in [6.07, 6.45) is 0.736. The lowest BCUT2D eigenvalue weighted by atomic mass is 9.85. The Kier molecular flexibility index (Phi) is 6.89. The van der Waals surface area contributed by atoms with Gasteiger partial charge in [-0.1, -0.05) is 27.7 Å². The number of imidazole rings is 1. The van der Waals surface area contributed by atoms with E-state index in [1.807, 2.05) is 6.92 Å². The fourth-order valence-electron chi connectivity index (χ4n) is 4.66. The second-order valence-electron chi connectivity index (χ2n) is 10.6. The molecule has 1 aromatic heterocycles. The van der Waals surface area contributed by atoms with E-state index in [4.69, 9.17) is 0 Å². The summed E-state index contributed by atoms with van der Waals surface area (Å²) >= 11 is 0. The van der Waals surface area contributed by atoms with Gasteiger partial charge >= 0.3 is 0 Å². The third kappa shape index (κ3) is 5.11. The van der Waals surface area contributed by atoms with Crippen molar-refractivity contribution in [1.29, 1.82) is 0 Å². The molecule has 0 spiro atoms. The van der Waals surface area contributed by atoms with E-state index in [1.165, 1.54) is 6.07 Å². The number of amides is 2. The lowest BCUT2D eigenvalue weighted by molar-refractivity contribution is -0.169. The first kappa shape index (κ1) is 26.1. The number of carbonyl (C=O) groups is 2. The van der Waals surface area contributed by atoms with Crippen molar-refractivity contribution >= 4 is 11.8 Å². The number of hydrogen-bond donors (Lipinski definition) is 1. The molecule has 0 bridgehead atoms. The van der Waals surface area contributed by atoms with Crippen LogP contribution in [0.1, 0.15) is 50.3 Å². The number of fused-ring (bicyclic) bond motifs is 1. The van der Waals surface area contributed by atoms with Crippen LogP contribution in [-0.4, -0.2) is 69.3 Å². The van der Waals surface area contributed by atoms with Crippen LogP contribution in [0.2, 0.25) is 0 Å². The van der Waals surface area contributed by atoms with Crippen LogP contribution < -0.4 is 5.32 Å². The van der Waals surface area contributed by atoms with Crippen molar-refractivity contribution in [3.8, 4) is 11.4 Å². The van der Waals surface area contributed by atoms with Crippen molar-refractivity contribution in [2.75, 3.05) is 26.2 Å². The smallest absolute Gasteiger partial charge is 0.282 e. The zero-order valence-electron chi connectivity index (χ0n) is 20.9. The van der Waals surface area contributed by atoms with Gasteiger partial charge in [-0.3, -0.25) is 14.5 Å². The maximum Gasteiger partial charge on any atom is 0.282 e. The minimum atomic E-state index is -2.93.